The number of fused-ring (bicyclic) bond motifs is 1. The normalized spacial score (nSPS) is 23.7. The lowest BCUT2D eigenvalue weighted by Gasteiger charge is -2.36. The number of ketones is 3. The summed E-state index contributed by atoms with van der Waals surface area (Å²) in [6, 6.07) is 6.48. The third-order valence-corrected chi connectivity index (χ3v) is 10.1. The number of rotatable bonds is 14. The molecule has 1 aliphatic heterocycles. The molecule has 0 bridgehead atoms. The molecule has 4 rings (SSSR count). The highest BCUT2D eigenvalue weighted by Crippen LogP contribution is 2.65. The summed E-state index contributed by atoms with van der Waals surface area (Å²) in [5.41, 5.74) is 6.37. The first-order valence-electron chi connectivity index (χ1n) is 16.2. The Morgan fingerprint density at radius 2 is 1.64 bits per heavy atom. The highest BCUT2D eigenvalue weighted by Gasteiger charge is 2.69. The van der Waals surface area contributed by atoms with E-state index in [2.05, 4.69) is 19.2 Å². The van der Waals surface area contributed by atoms with Gasteiger partial charge in [-0.3, -0.25) is 28.8 Å². The van der Waals surface area contributed by atoms with Crippen molar-refractivity contribution in [1.29, 1.82) is 0 Å². The van der Waals surface area contributed by atoms with Crippen molar-refractivity contribution in [3.8, 4) is 0 Å². The number of hydrogen-bond acceptors (Lipinski definition) is 7. The first-order valence-corrected chi connectivity index (χ1v) is 16.2. The van der Waals surface area contributed by atoms with Crippen molar-refractivity contribution in [1.82, 2.24) is 15.1 Å². The van der Waals surface area contributed by atoms with Gasteiger partial charge < -0.3 is 20.9 Å². The Hall–Kier alpha value is -3.40. The molecule has 0 aromatic heterocycles. The fraction of sp³-hybridized carbons (Fsp3) is 0.657. The molecule has 6 atom stereocenters. The number of Topliss-reactive ketones (excluding diaryl/α,β-unsaturated/α-hetero) is 3. The van der Waals surface area contributed by atoms with E-state index in [4.69, 9.17) is 5.73 Å². The Morgan fingerprint density at radius 3 is 2.20 bits per heavy atom. The van der Waals surface area contributed by atoms with E-state index in [-0.39, 0.29) is 60.0 Å². The Morgan fingerprint density at radius 1 is 1.02 bits per heavy atom. The van der Waals surface area contributed by atoms with Crippen molar-refractivity contribution >= 4 is 35.1 Å². The van der Waals surface area contributed by atoms with E-state index in [0.717, 1.165) is 12.8 Å². The number of carbonyl (C=O) groups is 6. The number of amides is 3. The molecular weight excluding hydrogens is 572 g/mol. The third-order valence-electron chi connectivity index (χ3n) is 10.1. The number of nitrogens with zero attached hydrogens (tertiary/aromatic N) is 2. The molecule has 0 radical (unpaired) electrons. The summed E-state index contributed by atoms with van der Waals surface area (Å²) < 4.78 is 0. The molecular formula is C35H50N4O6. The van der Waals surface area contributed by atoms with E-state index < -0.39 is 46.9 Å². The summed E-state index contributed by atoms with van der Waals surface area (Å²) in [5, 5.41) is 2.71. The second-order valence-electron chi connectivity index (χ2n) is 15.2. The second-order valence-corrected chi connectivity index (χ2v) is 15.2. The van der Waals surface area contributed by atoms with Crippen LogP contribution in [0.25, 0.3) is 0 Å². The SMILES string of the molecule is CN(C)C(=O)[C@@H](NC(=O)CCC(=O)C(=O)C(CC(=O)C1[C@@H]2C(CN1C(=O)[C@@H](N)C(C)(C)C)C2(C)C)CC1CC1)c1ccccc1. The topological polar surface area (TPSA) is 147 Å². The Kier molecular flexibility index (Phi) is 10.1. The summed E-state index contributed by atoms with van der Waals surface area (Å²) in [4.78, 5) is 82.7. The van der Waals surface area contributed by atoms with Gasteiger partial charge in [-0.15, -0.1) is 0 Å². The zero-order valence-corrected chi connectivity index (χ0v) is 27.8. The van der Waals surface area contributed by atoms with Gasteiger partial charge in [0.05, 0.1) is 12.1 Å². The molecule has 10 nitrogen and oxygen atoms in total. The Labute approximate surface area is 266 Å². The number of piperidine rings is 1. The third kappa shape index (κ3) is 7.71. The van der Waals surface area contributed by atoms with Crippen LogP contribution in [0, 0.1) is 34.5 Å². The van der Waals surface area contributed by atoms with E-state index in [1.165, 1.54) is 4.90 Å². The molecule has 10 heteroatoms. The van der Waals surface area contributed by atoms with E-state index >= 15 is 0 Å². The minimum Gasteiger partial charge on any atom is -0.347 e. The van der Waals surface area contributed by atoms with Crippen LogP contribution in [0.1, 0.15) is 84.7 Å². The number of hydrogen-bond donors (Lipinski definition) is 2. The first kappa shape index (κ1) is 34.5. The summed E-state index contributed by atoms with van der Waals surface area (Å²) in [6.07, 6.45) is 1.65. The van der Waals surface area contributed by atoms with Crippen molar-refractivity contribution < 1.29 is 28.8 Å². The van der Waals surface area contributed by atoms with Gasteiger partial charge in [0.2, 0.25) is 23.5 Å². The van der Waals surface area contributed by atoms with Crippen molar-refractivity contribution in [2.45, 2.75) is 91.3 Å². The molecule has 246 valence electrons. The van der Waals surface area contributed by atoms with Crippen LogP contribution >= 0.6 is 0 Å². The van der Waals surface area contributed by atoms with Gasteiger partial charge in [-0.25, -0.2) is 0 Å². The Balaban J connectivity index is 1.42. The molecule has 3 unspecified atom stereocenters. The maximum atomic E-state index is 13.9. The van der Waals surface area contributed by atoms with Gasteiger partial charge >= 0.3 is 0 Å². The molecule has 2 aliphatic carbocycles. The van der Waals surface area contributed by atoms with E-state index in [0.29, 0.717) is 18.5 Å². The van der Waals surface area contributed by atoms with Crippen molar-refractivity contribution in [3.63, 3.8) is 0 Å². The van der Waals surface area contributed by atoms with Gasteiger partial charge in [-0.2, -0.15) is 0 Å². The van der Waals surface area contributed by atoms with Crippen LogP contribution in [-0.4, -0.2) is 77.6 Å². The minimum absolute atomic E-state index is 0.000343. The second kappa shape index (κ2) is 13.1. The monoisotopic (exact) mass is 622 g/mol. The zero-order valence-electron chi connectivity index (χ0n) is 27.8. The van der Waals surface area contributed by atoms with Gasteiger partial charge in [0.15, 0.2) is 11.6 Å². The highest BCUT2D eigenvalue weighted by atomic mass is 16.2. The van der Waals surface area contributed by atoms with Crippen LogP contribution in [0.15, 0.2) is 30.3 Å². The summed E-state index contributed by atoms with van der Waals surface area (Å²) in [5.74, 6) is -2.93. The molecule has 3 N–H and O–H groups in total. The molecule has 45 heavy (non-hydrogen) atoms. The highest BCUT2D eigenvalue weighted by molar-refractivity contribution is 6.38. The van der Waals surface area contributed by atoms with Gasteiger partial charge in [0.1, 0.15) is 6.04 Å². The Bertz CT molecular complexity index is 1330. The number of carbonyl (C=O) groups excluding carboxylic acids is 6. The van der Waals surface area contributed by atoms with E-state index in [9.17, 15) is 28.8 Å². The molecule has 0 spiro atoms. The fourth-order valence-electron chi connectivity index (χ4n) is 6.84. The number of nitrogens with one attached hydrogen (secondary N) is 1. The van der Waals surface area contributed by atoms with Crippen molar-refractivity contribution in [3.05, 3.63) is 35.9 Å². The van der Waals surface area contributed by atoms with Crippen LogP contribution < -0.4 is 11.1 Å². The molecule has 1 aromatic rings. The molecule has 1 heterocycles. The summed E-state index contributed by atoms with van der Waals surface area (Å²) in [7, 11) is 3.19. The molecule has 2 saturated carbocycles. The predicted molar refractivity (Wildman–Crippen MR) is 169 cm³/mol. The lowest BCUT2D eigenvalue weighted by Crippen LogP contribution is -2.55. The van der Waals surface area contributed by atoms with Crippen LogP contribution in [0.2, 0.25) is 0 Å². The maximum Gasteiger partial charge on any atom is 0.249 e. The molecule has 1 saturated heterocycles. The van der Waals surface area contributed by atoms with Gasteiger partial charge in [-0.1, -0.05) is 77.8 Å². The molecule has 3 amide bonds. The van der Waals surface area contributed by atoms with Crippen LogP contribution in [0.5, 0.6) is 0 Å². The standard InChI is InChI=1S/C35H50N4O6/c1-34(2,3)31(36)33(45)39-19-23-27(35(23,4)5)29(39)25(41)18-22(17-20-13-14-20)30(43)24(40)15-16-26(42)37-28(32(44)38(6)7)21-11-9-8-10-12-21/h8-12,20,22-23,27-29,31H,13-19,36H2,1-7H3,(H,37,42)/t22?,23?,27-,28-,29?,31+/m0/s1. The predicted octanol–water partition coefficient (Wildman–Crippen LogP) is 3.08. The number of nitrogens with two attached hydrogens (primary N) is 1. The quantitative estimate of drug-likeness (QED) is 0.303. The molecule has 1 aromatic carbocycles. The molecule has 3 aliphatic rings. The van der Waals surface area contributed by atoms with E-state index in [1.807, 2.05) is 26.8 Å². The van der Waals surface area contributed by atoms with Crippen LogP contribution in [0.3, 0.4) is 0 Å². The number of benzene rings is 1. The smallest absolute Gasteiger partial charge is 0.249 e. The lowest BCUT2D eigenvalue weighted by atomic mass is 9.84. The number of likely N-dealkylation sites (tertiary alicyclic amines) is 1. The van der Waals surface area contributed by atoms with Crippen molar-refractivity contribution in [2.24, 2.45) is 40.2 Å². The van der Waals surface area contributed by atoms with E-state index in [1.54, 1.807) is 43.3 Å². The summed E-state index contributed by atoms with van der Waals surface area (Å²) in [6.45, 7) is 10.3. The number of likely N-dealkylation sites (N-methyl/N-ethyl adjacent to an activating group) is 1. The largest absolute Gasteiger partial charge is 0.347 e. The van der Waals surface area contributed by atoms with Crippen LogP contribution in [0.4, 0.5) is 0 Å². The average Bonchev–Trinajstić information content (AvgIpc) is 3.84. The minimum atomic E-state index is -0.918. The van der Waals surface area contributed by atoms with Gasteiger partial charge in [-0.05, 0) is 40.6 Å². The van der Waals surface area contributed by atoms with Crippen molar-refractivity contribution in [2.75, 3.05) is 20.6 Å². The van der Waals surface area contributed by atoms with Crippen LogP contribution in [-0.2, 0) is 28.8 Å². The summed E-state index contributed by atoms with van der Waals surface area (Å²) >= 11 is 0. The zero-order chi connectivity index (χ0) is 33.4. The maximum absolute atomic E-state index is 13.9. The average molecular weight is 623 g/mol. The lowest BCUT2D eigenvalue weighted by molar-refractivity contribution is -0.144. The fourth-order valence-corrected chi connectivity index (χ4v) is 6.84. The molecule has 3 fully saturated rings. The van der Waals surface area contributed by atoms with Gasteiger partial charge in [0.25, 0.3) is 0 Å². The first-order chi connectivity index (χ1) is 20.9. The van der Waals surface area contributed by atoms with Gasteiger partial charge in [0, 0.05) is 45.8 Å².